The van der Waals surface area contributed by atoms with Gasteiger partial charge in [0.1, 0.15) is 12.3 Å². The van der Waals surface area contributed by atoms with Crippen molar-refractivity contribution in [1.82, 2.24) is 5.43 Å². The Labute approximate surface area is 202 Å². The number of rotatable bonds is 10. The number of nitrogens with zero attached hydrogens (tertiary/aromatic N) is 2. The number of amides is 1. The summed E-state index contributed by atoms with van der Waals surface area (Å²) in [5.41, 5.74) is 3.45. The SMILES string of the molecule is CCOc1ccc(N(CC(=O)N/N=C(/C)c2cccs2)S(=O)(=O)c2ccc(SC)cc2)cc1. The molecule has 1 heterocycles. The highest BCUT2D eigenvalue weighted by Gasteiger charge is 2.27. The van der Waals surface area contributed by atoms with Crippen molar-refractivity contribution < 1.29 is 17.9 Å². The lowest BCUT2D eigenvalue weighted by molar-refractivity contribution is -0.119. The summed E-state index contributed by atoms with van der Waals surface area (Å²) in [5, 5.41) is 6.03. The Hall–Kier alpha value is -2.82. The van der Waals surface area contributed by atoms with Gasteiger partial charge < -0.3 is 4.74 Å². The van der Waals surface area contributed by atoms with Gasteiger partial charge in [-0.1, -0.05) is 6.07 Å². The van der Waals surface area contributed by atoms with Gasteiger partial charge in [0.25, 0.3) is 15.9 Å². The van der Waals surface area contributed by atoms with Gasteiger partial charge in [-0.15, -0.1) is 23.1 Å². The van der Waals surface area contributed by atoms with Crippen LogP contribution in [0.4, 0.5) is 5.69 Å². The van der Waals surface area contributed by atoms with Crippen molar-refractivity contribution in [2.75, 3.05) is 23.7 Å². The number of hydrazone groups is 1. The van der Waals surface area contributed by atoms with Crippen molar-refractivity contribution in [2.45, 2.75) is 23.6 Å². The van der Waals surface area contributed by atoms with Crippen molar-refractivity contribution in [3.63, 3.8) is 0 Å². The molecule has 174 valence electrons. The average molecular weight is 504 g/mol. The highest BCUT2D eigenvalue weighted by molar-refractivity contribution is 7.98. The lowest BCUT2D eigenvalue weighted by Gasteiger charge is -2.24. The minimum atomic E-state index is -4.01. The molecule has 1 N–H and O–H groups in total. The molecular weight excluding hydrogens is 478 g/mol. The highest BCUT2D eigenvalue weighted by atomic mass is 32.2. The Kier molecular flexibility index (Phi) is 8.54. The number of nitrogens with one attached hydrogen (secondary N) is 1. The molecule has 0 saturated heterocycles. The number of thioether (sulfide) groups is 1. The van der Waals surface area contributed by atoms with Gasteiger partial charge in [0.05, 0.1) is 22.9 Å². The molecule has 0 radical (unpaired) electrons. The molecule has 1 amide bonds. The summed E-state index contributed by atoms with van der Waals surface area (Å²) >= 11 is 3.02. The van der Waals surface area contributed by atoms with Crippen LogP contribution in [0.5, 0.6) is 5.75 Å². The number of hydrogen-bond acceptors (Lipinski definition) is 7. The number of ether oxygens (including phenoxy) is 1. The minimum Gasteiger partial charge on any atom is -0.494 e. The van der Waals surface area contributed by atoms with Crippen LogP contribution >= 0.6 is 23.1 Å². The number of thiophene rings is 1. The Balaban J connectivity index is 1.89. The van der Waals surface area contributed by atoms with E-state index in [-0.39, 0.29) is 4.90 Å². The van der Waals surface area contributed by atoms with Crippen LogP contribution in [0.15, 0.2) is 80.9 Å². The number of sulfonamides is 1. The maximum atomic E-state index is 13.5. The second-order valence-electron chi connectivity index (χ2n) is 6.82. The summed E-state index contributed by atoms with van der Waals surface area (Å²) in [5.74, 6) is 0.0626. The fourth-order valence-corrected chi connectivity index (χ4v) is 5.42. The van der Waals surface area contributed by atoms with Gasteiger partial charge >= 0.3 is 0 Å². The summed E-state index contributed by atoms with van der Waals surface area (Å²) in [6, 6.07) is 16.9. The number of carbonyl (C=O) groups excluding carboxylic acids is 1. The quantitative estimate of drug-likeness (QED) is 0.248. The second-order valence-corrected chi connectivity index (χ2v) is 10.5. The molecule has 0 saturated carbocycles. The van der Waals surface area contributed by atoms with Gasteiger partial charge in [-0.3, -0.25) is 9.10 Å². The van der Waals surface area contributed by atoms with E-state index >= 15 is 0 Å². The van der Waals surface area contributed by atoms with Gasteiger partial charge in [0, 0.05) is 9.77 Å². The van der Waals surface area contributed by atoms with E-state index in [2.05, 4.69) is 10.5 Å². The van der Waals surface area contributed by atoms with Gasteiger partial charge in [0.15, 0.2) is 0 Å². The normalized spacial score (nSPS) is 11.8. The number of hydrogen-bond donors (Lipinski definition) is 1. The van der Waals surface area contributed by atoms with Crippen molar-refractivity contribution in [1.29, 1.82) is 0 Å². The summed E-state index contributed by atoms with van der Waals surface area (Å²) < 4.78 is 33.5. The number of benzene rings is 2. The van der Waals surface area contributed by atoms with E-state index in [1.54, 1.807) is 55.5 Å². The third-order valence-corrected chi connectivity index (χ3v) is 8.11. The Morgan fingerprint density at radius 3 is 2.39 bits per heavy atom. The lowest BCUT2D eigenvalue weighted by atomic mass is 10.3. The van der Waals surface area contributed by atoms with E-state index in [0.717, 1.165) is 14.1 Å². The van der Waals surface area contributed by atoms with E-state index in [1.165, 1.54) is 23.1 Å². The van der Waals surface area contributed by atoms with E-state index in [0.29, 0.717) is 23.8 Å². The number of carbonyl (C=O) groups is 1. The van der Waals surface area contributed by atoms with Crippen LogP contribution in [0.1, 0.15) is 18.7 Å². The Morgan fingerprint density at radius 2 is 1.82 bits per heavy atom. The third kappa shape index (κ3) is 6.37. The van der Waals surface area contributed by atoms with Crippen LogP contribution in [0, 0.1) is 0 Å². The summed E-state index contributed by atoms with van der Waals surface area (Å²) in [7, 11) is -4.01. The largest absolute Gasteiger partial charge is 0.494 e. The van der Waals surface area contributed by atoms with Crippen molar-refractivity contribution in [3.8, 4) is 5.75 Å². The predicted molar refractivity (Wildman–Crippen MR) is 135 cm³/mol. The van der Waals surface area contributed by atoms with E-state index in [4.69, 9.17) is 4.74 Å². The molecule has 3 aromatic rings. The smallest absolute Gasteiger partial charge is 0.264 e. The molecule has 0 bridgehead atoms. The van der Waals surface area contributed by atoms with E-state index in [1.807, 2.05) is 30.7 Å². The zero-order valence-electron chi connectivity index (χ0n) is 18.5. The van der Waals surface area contributed by atoms with Crippen LogP contribution in [0.2, 0.25) is 0 Å². The summed E-state index contributed by atoms with van der Waals surface area (Å²) in [6.45, 7) is 3.71. The predicted octanol–water partition coefficient (Wildman–Crippen LogP) is 4.60. The minimum absolute atomic E-state index is 0.0975. The van der Waals surface area contributed by atoms with Crippen LogP contribution in [0.3, 0.4) is 0 Å². The van der Waals surface area contributed by atoms with Gasteiger partial charge in [-0.25, -0.2) is 13.8 Å². The molecule has 3 rings (SSSR count). The molecule has 2 aromatic carbocycles. The lowest BCUT2D eigenvalue weighted by Crippen LogP contribution is -2.39. The first-order chi connectivity index (χ1) is 15.8. The number of anilines is 1. The van der Waals surface area contributed by atoms with Crippen molar-refractivity contribution >= 4 is 50.4 Å². The first-order valence-electron chi connectivity index (χ1n) is 10.1. The molecule has 0 atom stereocenters. The zero-order valence-corrected chi connectivity index (χ0v) is 21.0. The van der Waals surface area contributed by atoms with Crippen LogP contribution in [-0.2, 0) is 14.8 Å². The van der Waals surface area contributed by atoms with E-state index in [9.17, 15) is 13.2 Å². The van der Waals surface area contributed by atoms with E-state index < -0.39 is 22.5 Å². The Bertz CT molecular complexity index is 1190. The first-order valence-corrected chi connectivity index (χ1v) is 13.7. The zero-order chi connectivity index (χ0) is 23.8. The van der Waals surface area contributed by atoms with Crippen molar-refractivity contribution in [2.24, 2.45) is 5.10 Å². The van der Waals surface area contributed by atoms with Crippen LogP contribution < -0.4 is 14.5 Å². The topological polar surface area (TPSA) is 88.1 Å². The molecule has 0 fully saturated rings. The maximum Gasteiger partial charge on any atom is 0.264 e. The fourth-order valence-electron chi connectivity index (χ4n) is 2.92. The molecule has 1 aromatic heterocycles. The molecule has 10 heteroatoms. The first kappa shape index (κ1) is 24.8. The maximum absolute atomic E-state index is 13.5. The molecule has 7 nitrogen and oxygen atoms in total. The second kappa shape index (κ2) is 11.4. The Morgan fingerprint density at radius 1 is 1.12 bits per heavy atom. The standard InChI is InChI=1S/C23H25N3O4S3/c1-4-30-19-9-7-18(8-10-19)26(33(28,29)21-13-11-20(31-3)12-14-21)16-23(27)25-24-17(2)22-6-5-15-32-22/h5-15H,4,16H2,1-3H3,(H,25,27)/b24-17-. The summed E-state index contributed by atoms with van der Waals surface area (Å²) in [4.78, 5) is 14.7. The van der Waals surface area contributed by atoms with Gasteiger partial charge in [-0.05, 0) is 80.1 Å². The molecule has 0 aliphatic rings. The molecule has 0 unspecified atom stereocenters. The fraction of sp³-hybridized carbons (Fsp3) is 0.217. The van der Waals surface area contributed by atoms with Crippen LogP contribution in [-0.4, -0.2) is 39.4 Å². The average Bonchev–Trinajstić information content (AvgIpc) is 3.37. The summed E-state index contributed by atoms with van der Waals surface area (Å²) in [6.07, 6.45) is 1.92. The molecule has 33 heavy (non-hydrogen) atoms. The molecule has 0 aliphatic heterocycles. The molecule has 0 spiro atoms. The third-order valence-electron chi connectivity index (χ3n) is 4.60. The molecule has 0 aliphatic carbocycles. The molecular formula is C23H25N3O4S3. The van der Waals surface area contributed by atoms with Gasteiger partial charge in [0.2, 0.25) is 0 Å². The monoisotopic (exact) mass is 503 g/mol. The highest BCUT2D eigenvalue weighted by Crippen LogP contribution is 2.27. The van der Waals surface area contributed by atoms with Crippen LogP contribution in [0.25, 0.3) is 0 Å². The van der Waals surface area contributed by atoms with Gasteiger partial charge in [-0.2, -0.15) is 5.10 Å². The van der Waals surface area contributed by atoms with Crippen molar-refractivity contribution in [3.05, 3.63) is 70.9 Å².